The van der Waals surface area contributed by atoms with Crippen LogP contribution in [0.15, 0.2) is 18.2 Å². The predicted molar refractivity (Wildman–Crippen MR) is 79.3 cm³/mol. The Hall–Kier alpha value is -0.910. The molecule has 0 aliphatic heterocycles. The number of carboxylic acids is 1. The number of benzene rings is 1. The fourth-order valence-electron chi connectivity index (χ4n) is 1.31. The maximum atomic E-state index is 11.7. The standard InChI is InChI=1S/C12H13Cl2NO3S/c1-7(5-11(17)18)19-6-10(16)15-9-4-2-3-8(13)12(9)14/h2-4,7H,5-6H2,1H3,(H,15,16)(H,17,18). The lowest BCUT2D eigenvalue weighted by Gasteiger charge is -2.10. The molecule has 0 saturated heterocycles. The van der Waals surface area contributed by atoms with E-state index in [1.807, 2.05) is 0 Å². The summed E-state index contributed by atoms with van der Waals surface area (Å²) in [6, 6.07) is 4.96. The van der Waals surface area contributed by atoms with Gasteiger partial charge in [0.1, 0.15) is 0 Å². The summed E-state index contributed by atoms with van der Waals surface area (Å²) in [5.41, 5.74) is 0.450. The van der Waals surface area contributed by atoms with Gasteiger partial charge in [-0.05, 0) is 12.1 Å². The average molecular weight is 322 g/mol. The third kappa shape index (κ3) is 5.72. The number of hydrogen-bond acceptors (Lipinski definition) is 3. The topological polar surface area (TPSA) is 66.4 Å². The van der Waals surface area contributed by atoms with Gasteiger partial charge in [-0.25, -0.2) is 0 Å². The number of anilines is 1. The van der Waals surface area contributed by atoms with Gasteiger partial charge in [0, 0.05) is 5.25 Å². The Morgan fingerprint density at radius 2 is 2.11 bits per heavy atom. The Balaban J connectivity index is 2.47. The summed E-state index contributed by atoms with van der Waals surface area (Å²) in [6.45, 7) is 1.76. The quantitative estimate of drug-likeness (QED) is 0.841. The van der Waals surface area contributed by atoms with Crippen LogP contribution in [0.4, 0.5) is 5.69 Å². The van der Waals surface area contributed by atoms with Gasteiger partial charge >= 0.3 is 5.97 Å². The number of carboxylic acid groups (broad SMARTS) is 1. The normalized spacial score (nSPS) is 11.9. The molecule has 0 aliphatic carbocycles. The number of amides is 1. The summed E-state index contributed by atoms with van der Waals surface area (Å²) in [4.78, 5) is 22.2. The molecule has 0 bridgehead atoms. The van der Waals surface area contributed by atoms with Crippen molar-refractivity contribution in [2.24, 2.45) is 0 Å². The highest BCUT2D eigenvalue weighted by molar-refractivity contribution is 8.00. The molecule has 1 atom stereocenters. The molecule has 7 heteroatoms. The van der Waals surface area contributed by atoms with Crippen molar-refractivity contribution in [2.45, 2.75) is 18.6 Å². The summed E-state index contributed by atoms with van der Waals surface area (Å²) < 4.78 is 0. The number of hydrogen-bond donors (Lipinski definition) is 2. The van der Waals surface area contributed by atoms with E-state index in [0.29, 0.717) is 15.7 Å². The fourth-order valence-corrected chi connectivity index (χ4v) is 2.43. The van der Waals surface area contributed by atoms with Crippen LogP contribution in [0.2, 0.25) is 10.0 Å². The van der Waals surface area contributed by atoms with E-state index in [2.05, 4.69) is 5.32 Å². The zero-order chi connectivity index (χ0) is 14.4. The van der Waals surface area contributed by atoms with E-state index in [-0.39, 0.29) is 23.3 Å². The highest BCUT2D eigenvalue weighted by Crippen LogP contribution is 2.29. The Bertz CT molecular complexity index is 482. The van der Waals surface area contributed by atoms with Crippen LogP contribution >= 0.6 is 35.0 Å². The average Bonchev–Trinajstić information content (AvgIpc) is 2.32. The van der Waals surface area contributed by atoms with Crippen molar-refractivity contribution in [3.63, 3.8) is 0 Å². The summed E-state index contributed by atoms with van der Waals surface area (Å²) >= 11 is 13.0. The van der Waals surface area contributed by atoms with E-state index in [1.54, 1.807) is 25.1 Å². The number of nitrogens with one attached hydrogen (secondary N) is 1. The summed E-state index contributed by atoms with van der Waals surface area (Å²) in [5, 5.41) is 11.8. The van der Waals surface area contributed by atoms with Gasteiger partial charge in [0.2, 0.25) is 5.91 Å². The second kappa shape index (κ2) is 7.62. The van der Waals surface area contributed by atoms with Crippen LogP contribution in [-0.2, 0) is 9.59 Å². The van der Waals surface area contributed by atoms with Gasteiger partial charge in [-0.2, -0.15) is 0 Å². The van der Waals surface area contributed by atoms with E-state index < -0.39 is 5.97 Å². The number of thioether (sulfide) groups is 1. The number of carbonyl (C=O) groups excluding carboxylic acids is 1. The first-order valence-electron chi connectivity index (χ1n) is 5.47. The second-order valence-corrected chi connectivity index (χ2v) is 6.08. The van der Waals surface area contributed by atoms with Crippen molar-refractivity contribution in [1.29, 1.82) is 0 Å². The van der Waals surface area contributed by atoms with E-state index in [9.17, 15) is 9.59 Å². The molecule has 0 aromatic heterocycles. The molecular weight excluding hydrogens is 309 g/mol. The fraction of sp³-hybridized carbons (Fsp3) is 0.333. The molecule has 0 spiro atoms. The van der Waals surface area contributed by atoms with Crippen molar-refractivity contribution in [3.05, 3.63) is 28.2 Å². The maximum absolute atomic E-state index is 11.7. The first kappa shape index (κ1) is 16.1. The van der Waals surface area contributed by atoms with Crippen LogP contribution in [0, 0.1) is 0 Å². The second-order valence-electron chi connectivity index (χ2n) is 3.87. The molecule has 1 amide bonds. The molecule has 0 aliphatic rings. The van der Waals surface area contributed by atoms with Crippen molar-refractivity contribution >= 4 is 52.5 Å². The maximum Gasteiger partial charge on any atom is 0.304 e. The number of halogens is 2. The van der Waals surface area contributed by atoms with Crippen LogP contribution in [0.3, 0.4) is 0 Å². The molecule has 104 valence electrons. The van der Waals surface area contributed by atoms with Gasteiger partial charge in [-0.3, -0.25) is 9.59 Å². The minimum Gasteiger partial charge on any atom is -0.481 e. The molecule has 1 unspecified atom stereocenters. The Morgan fingerprint density at radius 3 is 2.74 bits per heavy atom. The van der Waals surface area contributed by atoms with E-state index in [4.69, 9.17) is 28.3 Å². The lowest BCUT2D eigenvalue weighted by atomic mass is 10.3. The largest absolute Gasteiger partial charge is 0.481 e. The molecule has 0 fully saturated rings. The van der Waals surface area contributed by atoms with Crippen LogP contribution in [-0.4, -0.2) is 28.0 Å². The molecule has 2 N–H and O–H groups in total. The molecular formula is C12H13Cl2NO3S. The molecule has 1 aromatic carbocycles. The van der Waals surface area contributed by atoms with Gasteiger partial charge in [0.05, 0.1) is 27.9 Å². The van der Waals surface area contributed by atoms with Crippen LogP contribution < -0.4 is 5.32 Å². The molecule has 0 saturated carbocycles. The zero-order valence-corrected chi connectivity index (χ0v) is 12.5. The number of rotatable bonds is 6. The van der Waals surface area contributed by atoms with Crippen molar-refractivity contribution < 1.29 is 14.7 Å². The predicted octanol–water partition coefficient (Wildman–Crippen LogP) is 3.53. The Morgan fingerprint density at radius 1 is 1.42 bits per heavy atom. The molecule has 1 aromatic rings. The van der Waals surface area contributed by atoms with Crippen molar-refractivity contribution in [1.82, 2.24) is 0 Å². The number of aliphatic carboxylic acids is 1. The third-order valence-electron chi connectivity index (χ3n) is 2.19. The van der Waals surface area contributed by atoms with E-state index in [1.165, 1.54) is 11.8 Å². The lowest BCUT2D eigenvalue weighted by molar-refractivity contribution is -0.136. The van der Waals surface area contributed by atoms with Crippen molar-refractivity contribution in [2.75, 3.05) is 11.1 Å². The Kier molecular flexibility index (Phi) is 6.48. The van der Waals surface area contributed by atoms with Gasteiger partial charge in [-0.15, -0.1) is 11.8 Å². The SMILES string of the molecule is CC(CC(=O)O)SCC(=O)Nc1cccc(Cl)c1Cl. The van der Waals surface area contributed by atoms with Crippen LogP contribution in [0.25, 0.3) is 0 Å². The van der Waals surface area contributed by atoms with E-state index in [0.717, 1.165) is 0 Å². The molecule has 0 radical (unpaired) electrons. The summed E-state index contributed by atoms with van der Waals surface area (Å²) in [6.07, 6.45) is 0.0237. The zero-order valence-electron chi connectivity index (χ0n) is 10.2. The summed E-state index contributed by atoms with van der Waals surface area (Å²) in [5.74, 6) is -0.957. The number of carbonyl (C=O) groups is 2. The smallest absolute Gasteiger partial charge is 0.304 e. The first-order chi connectivity index (χ1) is 8.90. The molecule has 4 nitrogen and oxygen atoms in total. The first-order valence-corrected chi connectivity index (χ1v) is 7.28. The van der Waals surface area contributed by atoms with Crippen molar-refractivity contribution in [3.8, 4) is 0 Å². The minimum absolute atomic E-state index is 0.0237. The minimum atomic E-state index is -0.877. The Labute approximate surface area is 125 Å². The van der Waals surface area contributed by atoms with Gasteiger partial charge in [0.15, 0.2) is 0 Å². The van der Waals surface area contributed by atoms with Crippen LogP contribution in [0.5, 0.6) is 0 Å². The third-order valence-corrected chi connectivity index (χ3v) is 4.17. The highest BCUT2D eigenvalue weighted by atomic mass is 35.5. The van der Waals surface area contributed by atoms with Gasteiger partial charge in [0.25, 0.3) is 0 Å². The van der Waals surface area contributed by atoms with Crippen LogP contribution in [0.1, 0.15) is 13.3 Å². The lowest BCUT2D eigenvalue weighted by Crippen LogP contribution is -2.17. The van der Waals surface area contributed by atoms with E-state index >= 15 is 0 Å². The van der Waals surface area contributed by atoms with Gasteiger partial charge < -0.3 is 10.4 Å². The molecule has 19 heavy (non-hydrogen) atoms. The monoisotopic (exact) mass is 321 g/mol. The van der Waals surface area contributed by atoms with Gasteiger partial charge in [-0.1, -0.05) is 36.2 Å². The molecule has 0 heterocycles. The highest BCUT2D eigenvalue weighted by Gasteiger charge is 2.12. The summed E-state index contributed by atoms with van der Waals surface area (Å²) in [7, 11) is 0. The molecule has 1 rings (SSSR count).